The standard InChI is InChI=1S/C24H31N3O/c1-4-13-26-23(28)24(12-8-15-27(18-24)19(2)3)16-20-9-5-6-11-22(20)21-10-7-14-25-17-21/h4-7,9-11,14,17,19H,1,8,12-13,15-16,18H2,2-3H3,(H,26,28). The van der Waals surface area contributed by atoms with E-state index in [9.17, 15) is 4.79 Å². The molecule has 1 saturated heterocycles. The molecule has 1 N–H and O–H groups in total. The molecule has 1 aliphatic heterocycles. The van der Waals surface area contributed by atoms with Gasteiger partial charge in [-0.2, -0.15) is 0 Å². The molecule has 4 nitrogen and oxygen atoms in total. The number of nitrogens with zero attached hydrogens (tertiary/aromatic N) is 2. The smallest absolute Gasteiger partial charge is 0.228 e. The molecule has 2 aromatic rings. The number of carbonyl (C=O) groups is 1. The third-order valence-corrected chi connectivity index (χ3v) is 5.74. The summed E-state index contributed by atoms with van der Waals surface area (Å²) in [5.41, 5.74) is 3.03. The van der Waals surface area contributed by atoms with E-state index in [1.807, 2.05) is 12.3 Å². The van der Waals surface area contributed by atoms with Gasteiger partial charge in [0, 0.05) is 37.1 Å². The van der Waals surface area contributed by atoms with Crippen LogP contribution in [0.3, 0.4) is 0 Å². The fourth-order valence-electron chi connectivity index (χ4n) is 4.21. The van der Waals surface area contributed by atoms with Crippen LogP contribution in [0.5, 0.6) is 0 Å². The molecule has 0 saturated carbocycles. The number of nitrogens with one attached hydrogen (secondary N) is 1. The van der Waals surface area contributed by atoms with Gasteiger partial charge in [-0.25, -0.2) is 0 Å². The molecule has 2 heterocycles. The average molecular weight is 378 g/mol. The third kappa shape index (κ3) is 4.50. The van der Waals surface area contributed by atoms with Crippen molar-refractivity contribution in [2.24, 2.45) is 5.41 Å². The zero-order valence-electron chi connectivity index (χ0n) is 17.0. The van der Waals surface area contributed by atoms with Crippen LogP contribution in [0.25, 0.3) is 11.1 Å². The molecule has 1 aliphatic rings. The minimum Gasteiger partial charge on any atom is -0.352 e. The Morgan fingerprint density at radius 3 is 2.86 bits per heavy atom. The highest BCUT2D eigenvalue weighted by atomic mass is 16.2. The Morgan fingerprint density at radius 1 is 1.32 bits per heavy atom. The van der Waals surface area contributed by atoms with Crippen LogP contribution < -0.4 is 5.32 Å². The zero-order chi connectivity index (χ0) is 20.0. The number of hydrogen-bond donors (Lipinski definition) is 1. The van der Waals surface area contributed by atoms with Crippen LogP contribution in [0, 0.1) is 5.41 Å². The Hall–Kier alpha value is -2.46. The van der Waals surface area contributed by atoms with Crippen molar-refractivity contribution in [3.8, 4) is 11.1 Å². The molecule has 0 aliphatic carbocycles. The highest BCUT2D eigenvalue weighted by Crippen LogP contribution is 2.37. The zero-order valence-corrected chi connectivity index (χ0v) is 17.0. The number of hydrogen-bond acceptors (Lipinski definition) is 3. The lowest BCUT2D eigenvalue weighted by molar-refractivity contribution is -0.134. The molecule has 1 amide bonds. The predicted molar refractivity (Wildman–Crippen MR) is 115 cm³/mol. The summed E-state index contributed by atoms with van der Waals surface area (Å²) < 4.78 is 0. The summed E-state index contributed by atoms with van der Waals surface area (Å²) in [6, 6.07) is 12.9. The molecule has 1 atom stereocenters. The van der Waals surface area contributed by atoms with E-state index in [1.165, 1.54) is 5.56 Å². The number of carbonyl (C=O) groups excluding carboxylic acids is 1. The van der Waals surface area contributed by atoms with E-state index in [0.29, 0.717) is 12.6 Å². The van der Waals surface area contributed by atoms with Gasteiger partial charge in [0.2, 0.25) is 5.91 Å². The van der Waals surface area contributed by atoms with E-state index in [0.717, 1.165) is 43.5 Å². The van der Waals surface area contributed by atoms with Gasteiger partial charge in [-0.15, -0.1) is 6.58 Å². The molecule has 1 unspecified atom stereocenters. The van der Waals surface area contributed by atoms with Crippen LogP contribution in [0.1, 0.15) is 32.3 Å². The molecule has 0 bridgehead atoms. The lowest BCUT2D eigenvalue weighted by atomic mass is 9.73. The number of amides is 1. The van der Waals surface area contributed by atoms with Crippen molar-refractivity contribution in [2.75, 3.05) is 19.6 Å². The maximum Gasteiger partial charge on any atom is 0.228 e. The lowest BCUT2D eigenvalue weighted by Gasteiger charge is -2.43. The van der Waals surface area contributed by atoms with E-state index in [-0.39, 0.29) is 5.91 Å². The number of aromatic nitrogens is 1. The highest BCUT2D eigenvalue weighted by molar-refractivity contribution is 5.84. The molecule has 4 heteroatoms. The topological polar surface area (TPSA) is 45.2 Å². The van der Waals surface area contributed by atoms with E-state index in [1.54, 1.807) is 12.3 Å². The van der Waals surface area contributed by atoms with Crippen molar-refractivity contribution in [1.29, 1.82) is 0 Å². The van der Waals surface area contributed by atoms with Gasteiger partial charge < -0.3 is 5.32 Å². The van der Waals surface area contributed by atoms with Gasteiger partial charge in [0.1, 0.15) is 0 Å². The Bertz CT molecular complexity index is 803. The number of likely N-dealkylation sites (tertiary alicyclic amines) is 1. The van der Waals surface area contributed by atoms with Crippen molar-refractivity contribution in [2.45, 2.75) is 39.2 Å². The summed E-state index contributed by atoms with van der Waals surface area (Å²) in [4.78, 5) is 20.0. The van der Waals surface area contributed by atoms with Gasteiger partial charge in [-0.05, 0) is 56.8 Å². The molecule has 148 valence electrons. The van der Waals surface area contributed by atoms with Gasteiger partial charge in [-0.3, -0.25) is 14.7 Å². The summed E-state index contributed by atoms with van der Waals surface area (Å²) in [6.07, 6.45) is 8.10. The first-order valence-corrected chi connectivity index (χ1v) is 10.2. The molecule has 0 radical (unpaired) electrons. The van der Waals surface area contributed by atoms with E-state index < -0.39 is 5.41 Å². The van der Waals surface area contributed by atoms with Gasteiger partial charge in [0.15, 0.2) is 0 Å². The van der Waals surface area contributed by atoms with Crippen molar-refractivity contribution in [1.82, 2.24) is 15.2 Å². The van der Waals surface area contributed by atoms with Crippen molar-refractivity contribution >= 4 is 5.91 Å². The Labute approximate surface area is 168 Å². The van der Waals surface area contributed by atoms with Crippen LogP contribution in [0.4, 0.5) is 0 Å². The SMILES string of the molecule is C=CCNC(=O)C1(Cc2ccccc2-c2cccnc2)CCCN(C(C)C)C1. The van der Waals surface area contributed by atoms with Crippen LogP contribution >= 0.6 is 0 Å². The van der Waals surface area contributed by atoms with Gasteiger partial charge >= 0.3 is 0 Å². The van der Waals surface area contributed by atoms with Crippen LogP contribution in [0.2, 0.25) is 0 Å². The normalized spacial score (nSPS) is 20.1. The average Bonchev–Trinajstić information content (AvgIpc) is 2.73. The van der Waals surface area contributed by atoms with Crippen molar-refractivity contribution in [3.05, 3.63) is 67.0 Å². The van der Waals surface area contributed by atoms with Crippen molar-refractivity contribution in [3.63, 3.8) is 0 Å². The second-order valence-corrected chi connectivity index (χ2v) is 8.02. The fraction of sp³-hybridized carbons (Fsp3) is 0.417. The van der Waals surface area contributed by atoms with Crippen molar-refractivity contribution < 1.29 is 4.79 Å². The lowest BCUT2D eigenvalue weighted by Crippen LogP contribution is -2.54. The summed E-state index contributed by atoms with van der Waals surface area (Å²) >= 11 is 0. The molecular formula is C24H31N3O. The Kier molecular flexibility index (Phi) is 6.63. The molecule has 0 spiro atoms. The molecule has 1 aromatic carbocycles. The second-order valence-electron chi connectivity index (χ2n) is 8.02. The number of pyridine rings is 1. The third-order valence-electron chi connectivity index (χ3n) is 5.74. The minimum absolute atomic E-state index is 0.138. The van der Waals surface area contributed by atoms with Gasteiger partial charge in [0.25, 0.3) is 0 Å². The monoisotopic (exact) mass is 377 g/mol. The largest absolute Gasteiger partial charge is 0.352 e. The summed E-state index contributed by atoms with van der Waals surface area (Å²) in [7, 11) is 0. The predicted octanol–water partition coefficient (Wildman–Crippen LogP) is 4.08. The number of rotatable bonds is 7. The first kappa shape index (κ1) is 20.3. The van der Waals surface area contributed by atoms with Crippen LogP contribution in [-0.2, 0) is 11.2 Å². The van der Waals surface area contributed by atoms with Gasteiger partial charge in [0.05, 0.1) is 5.41 Å². The quantitative estimate of drug-likeness (QED) is 0.740. The molecular weight excluding hydrogens is 346 g/mol. The summed E-state index contributed by atoms with van der Waals surface area (Å²) in [5, 5.41) is 3.09. The number of benzene rings is 1. The maximum absolute atomic E-state index is 13.3. The van der Waals surface area contributed by atoms with Crippen LogP contribution in [-0.4, -0.2) is 41.5 Å². The summed E-state index contributed by atoms with van der Waals surface area (Å²) in [5.74, 6) is 0.138. The summed E-state index contributed by atoms with van der Waals surface area (Å²) in [6.45, 7) is 10.5. The molecule has 1 fully saturated rings. The fourth-order valence-corrected chi connectivity index (χ4v) is 4.21. The Morgan fingerprint density at radius 2 is 2.14 bits per heavy atom. The molecule has 1 aromatic heterocycles. The first-order chi connectivity index (χ1) is 13.6. The van der Waals surface area contributed by atoms with E-state index in [4.69, 9.17) is 0 Å². The van der Waals surface area contributed by atoms with E-state index in [2.05, 4.69) is 66.0 Å². The molecule has 28 heavy (non-hydrogen) atoms. The minimum atomic E-state index is -0.427. The second kappa shape index (κ2) is 9.16. The number of piperidine rings is 1. The van der Waals surface area contributed by atoms with Gasteiger partial charge in [-0.1, -0.05) is 36.4 Å². The first-order valence-electron chi connectivity index (χ1n) is 10.2. The Balaban J connectivity index is 1.97. The van der Waals surface area contributed by atoms with E-state index >= 15 is 0 Å². The highest BCUT2D eigenvalue weighted by Gasteiger charge is 2.42. The van der Waals surface area contributed by atoms with Crippen LogP contribution in [0.15, 0.2) is 61.4 Å². The maximum atomic E-state index is 13.3. The molecule has 3 rings (SSSR count).